The zero-order valence-electron chi connectivity index (χ0n) is 18.9. The van der Waals surface area contributed by atoms with Gasteiger partial charge in [-0.05, 0) is 45.0 Å². The number of carbonyl (C=O) groups excluding carboxylic acids is 2. The number of rotatable bonds is 6. The Hall–Kier alpha value is -3.61. The van der Waals surface area contributed by atoms with Crippen molar-refractivity contribution >= 4 is 17.4 Å². The van der Waals surface area contributed by atoms with Crippen molar-refractivity contribution in [1.82, 2.24) is 14.7 Å². The van der Waals surface area contributed by atoms with Gasteiger partial charge in [0.15, 0.2) is 0 Å². The van der Waals surface area contributed by atoms with Crippen molar-refractivity contribution in [3.8, 4) is 11.4 Å². The number of hydrogen-bond acceptors (Lipinski definition) is 5. The van der Waals surface area contributed by atoms with Gasteiger partial charge in [-0.15, -0.1) is 0 Å². The summed E-state index contributed by atoms with van der Waals surface area (Å²) in [4.78, 5) is 29.8. The second-order valence-electron chi connectivity index (χ2n) is 8.05. The number of Topliss-reactive ketones (excluding diaryl/α,β-unsaturated/α-hetero) is 1. The van der Waals surface area contributed by atoms with Gasteiger partial charge in [0, 0.05) is 13.6 Å². The van der Waals surface area contributed by atoms with Gasteiger partial charge in [-0.1, -0.05) is 30.3 Å². The molecule has 2 aromatic carbocycles. The SMILES string of the molecule is CCN1CC(CN(C)C(=O)C(=O)c2c(C)nn(-c3ccccc3)c2C)Oc2ccccc21. The summed E-state index contributed by atoms with van der Waals surface area (Å²) in [6, 6.07) is 17.5. The fourth-order valence-electron chi connectivity index (χ4n) is 4.23. The summed E-state index contributed by atoms with van der Waals surface area (Å²) < 4.78 is 7.82. The molecule has 4 rings (SSSR count). The van der Waals surface area contributed by atoms with Crippen LogP contribution in [0, 0.1) is 13.8 Å². The summed E-state index contributed by atoms with van der Waals surface area (Å²) in [5.41, 5.74) is 3.45. The van der Waals surface area contributed by atoms with Crippen LogP contribution >= 0.6 is 0 Å². The van der Waals surface area contributed by atoms with Crippen molar-refractivity contribution in [2.45, 2.75) is 26.9 Å². The molecule has 1 aliphatic heterocycles. The van der Waals surface area contributed by atoms with E-state index in [9.17, 15) is 9.59 Å². The number of carbonyl (C=O) groups is 2. The normalized spacial score (nSPS) is 15.1. The third-order valence-corrected chi connectivity index (χ3v) is 5.84. The number of anilines is 1. The monoisotopic (exact) mass is 432 g/mol. The van der Waals surface area contributed by atoms with Crippen LogP contribution < -0.4 is 9.64 Å². The topological polar surface area (TPSA) is 67.7 Å². The molecule has 1 aliphatic rings. The minimum absolute atomic E-state index is 0.221. The summed E-state index contributed by atoms with van der Waals surface area (Å²) in [7, 11) is 1.65. The molecule has 0 fully saturated rings. The second kappa shape index (κ2) is 8.86. The molecule has 2 heterocycles. The van der Waals surface area contributed by atoms with Crippen LogP contribution in [0.3, 0.4) is 0 Å². The van der Waals surface area contributed by atoms with E-state index in [0.717, 1.165) is 23.7 Å². The van der Waals surface area contributed by atoms with Gasteiger partial charge in [-0.3, -0.25) is 9.59 Å². The van der Waals surface area contributed by atoms with Crippen LogP contribution in [0.4, 0.5) is 5.69 Å². The van der Waals surface area contributed by atoms with E-state index in [-0.39, 0.29) is 6.10 Å². The molecular formula is C25H28N4O3. The van der Waals surface area contributed by atoms with Gasteiger partial charge in [-0.25, -0.2) is 4.68 Å². The van der Waals surface area contributed by atoms with Crippen molar-refractivity contribution in [1.29, 1.82) is 0 Å². The Morgan fingerprint density at radius 1 is 1.09 bits per heavy atom. The fraction of sp³-hybridized carbons (Fsp3) is 0.320. The predicted octanol–water partition coefficient (Wildman–Crippen LogP) is 3.42. The first-order valence-electron chi connectivity index (χ1n) is 10.8. The predicted molar refractivity (Wildman–Crippen MR) is 124 cm³/mol. The fourth-order valence-corrected chi connectivity index (χ4v) is 4.23. The standard InChI is InChI=1S/C25H28N4O3/c1-5-28-16-20(32-22-14-10-9-13-21(22)28)15-27(4)25(31)24(30)23-17(2)26-29(18(23)3)19-11-7-6-8-12-19/h6-14,20H,5,15-16H2,1-4H3. The third kappa shape index (κ3) is 3.98. The molecule has 1 aromatic heterocycles. The van der Waals surface area contributed by atoms with Crippen LogP contribution in [0.1, 0.15) is 28.7 Å². The van der Waals surface area contributed by atoms with E-state index >= 15 is 0 Å². The molecule has 0 saturated heterocycles. The molecule has 166 valence electrons. The summed E-state index contributed by atoms with van der Waals surface area (Å²) in [6.07, 6.45) is -0.221. The zero-order valence-corrected chi connectivity index (χ0v) is 18.9. The van der Waals surface area contributed by atoms with E-state index in [1.807, 2.05) is 61.5 Å². The maximum Gasteiger partial charge on any atom is 0.294 e. The van der Waals surface area contributed by atoms with Crippen molar-refractivity contribution in [3.63, 3.8) is 0 Å². The van der Waals surface area contributed by atoms with Crippen LogP contribution in [-0.4, -0.2) is 59.2 Å². The lowest BCUT2D eigenvalue weighted by Crippen LogP contribution is -2.48. The molecule has 32 heavy (non-hydrogen) atoms. The van der Waals surface area contributed by atoms with Crippen molar-refractivity contribution in [2.24, 2.45) is 0 Å². The number of aryl methyl sites for hydroxylation is 1. The summed E-state index contributed by atoms with van der Waals surface area (Å²) in [5, 5.41) is 4.50. The Bertz CT molecular complexity index is 1140. The lowest BCUT2D eigenvalue weighted by Gasteiger charge is -2.37. The number of aromatic nitrogens is 2. The van der Waals surface area contributed by atoms with Crippen LogP contribution in [0.25, 0.3) is 5.69 Å². The lowest BCUT2D eigenvalue weighted by molar-refractivity contribution is -0.126. The highest BCUT2D eigenvalue weighted by atomic mass is 16.5. The van der Waals surface area contributed by atoms with Gasteiger partial charge in [0.2, 0.25) is 0 Å². The lowest BCUT2D eigenvalue weighted by atomic mass is 10.1. The molecular weight excluding hydrogens is 404 g/mol. The second-order valence-corrected chi connectivity index (χ2v) is 8.05. The number of para-hydroxylation sites is 3. The number of fused-ring (bicyclic) bond motifs is 1. The molecule has 0 bridgehead atoms. The first kappa shape index (κ1) is 21.6. The first-order chi connectivity index (χ1) is 15.4. The van der Waals surface area contributed by atoms with Gasteiger partial charge in [0.05, 0.1) is 41.4 Å². The smallest absolute Gasteiger partial charge is 0.294 e. The van der Waals surface area contributed by atoms with Crippen LogP contribution in [0.5, 0.6) is 5.75 Å². The first-order valence-corrected chi connectivity index (χ1v) is 10.8. The minimum Gasteiger partial charge on any atom is -0.485 e. The minimum atomic E-state index is -0.561. The molecule has 1 amide bonds. The number of nitrogens with zero attached hydrogens (tertiary/aromatic N) is 4. The van der Waals surface area contributed by atoms with Gasteiger partial charge in [0.25, 0.3) is 11.7 Å². The Morgan fingerprint density at radius 3 is 2.50 bits per heavy atom. The molecule has 7 heteroatoms. The quantitative estimate of drug-likeness (QED) is 0.441. The molecule has 0 spiro atoms. The van der Waals surface area contributed by atoms with Crippen molar-refractivity contribution in [3.05, 3.63) is 71.5 Å². The van der Waals surface area contributed by atoms with Crippen LogP contribution in [0.2, 0.25) is 0 Å². The number of hydrogen-bond donors (Lipinski definition) is 0. The van der Waals surface area contributed by atoms with Crippen LogP contribution in [0.15, 0.2) is 54.6 Å². The summed E-state index contributed by atoms with van der Waals surface area (Å²) >= 11 is 0. The average Bonchev–Trinajstić information content (AvgIpc) is 3.11. The van der Waals surface area contributed by atoms with E-state index in [2.05, 4.69) is 16.9 Å². The number of benzene rings is 2. The molecule has 1 atom stereocenters. The Balaban J connectivity index is 1.50. The molecule has 0 radical (unpaired) electrons. The molecule has 0 saturated carbocycles. The van der Waals surface area contributed by atoms with Crippen LogP contribution in [-0.2, 0) is 4.79 Å². The highest BCUT2D eigenvalue weighted by Gasteiger charge is 2.31. The van der Waals surface area contributed by atoms with E-state index in [1.165, 1.54) is 4.90 Å². The summed E-state index contributed by atoms with van der Waals surface area (Å²) in [5.74, 6) is -0.309. The average molecular weight is 433 g/mol. The number of ketones is 1. The Morgan fingerprint density at radius 2 is 1.78 bits per heavy atom. The van der Waals surface area contributed by atoms with Crippen molar-refractivity contribution in [2.75, 3.05) is 31.6 Å². The van der Waals surface area contributed by atoms with Gasteiger partial charge in [0.1, 0.15) is 11.9 Å². The van der Waals surface area contributed by atoms with Gasteiger partial charge >= 0.3 is 0 Å². The van der Waals surface area contributed by atoms with E-state index < -0.39 is 11.7 Å². The number of amides is 1. The number of likely N-dealkylation sites (N-methyl/N-ethyl adjacent to an activating group) is 2. The molecule has 0 N–H and O–H groups in total. The molecule has 3 aromatic rings. The van der Waals surface area contributed by atoms with E-state index in [4.69, 9.17) is 4.74 Å². The molecule has 1 unspecified atom stereocenters. The third-order valence-electron chi connectivity index (χ3n) is 5.84. The Kier molecular flexibility index (Phi) is 5.99. The number of ether oxygens (including phenoxy) is 1. The van der Waals surface area contributed by atoms with Crippen molar-refractivity contribution < 1.29 is 14.3 Å². The van der Waals surface area contributed by atoms with Gasteiger partial charge in [-0.2, -0.15) is 5.10 Å². The highest BCUT2D eigenvalue weighted by molar-refractivity contribution is 6.43. The maximum atomic E-state index is 13.1. The molecule has 0 aliphatic carbocycles. The van der Waals surface area contributed by atoms with Gasteiger partial charge < -0.3 is 14.5 Å². The van der Waals surface area contributed by atoms with E-state index in [1.54, 1.807) is 18.7 Å². The maximum absolute atomic E-state index is 13.1. The summed E-state index contributed by atoms with van der Waals surface area (Å²) in [6.45, 7) is 7.47. The largest absolute Gasteiger partial charge is 0.485 e. The molecule has 7 nitrogen and oxygen atoms in total. The zero-order chi connectivity index (χ0) is 22.8. The van der Waals surface area contributed by atoms with E-state index in [0.29, 0.717) is 30.0 Å². The Labute approximate surface area is 188 Å². The highest BCUT2D eigenvalue weighted by Crippen LogP contribution is 2.33.